The maximum atomic E-state index is 5.57. The van der Waals surface area contributed by atoms with Crippen LogP contribution in [0.2, 0.25) is 0 Å². The van der Waals surface area contributed by atoms with Crippen LogP contribution in [0.15, 0.2) is 0 Å². The van der Waals surface area contributed by atoms with Crippen molar-refractivity contribution in [1.29, 1.82) is 0 Å². The molecular weight excluding hydrogens is 230 g/mol. The fourth-order valence-electron chi connectivity index (χ4n) is 2.76. The monoisotopic (exact) mass is 247 g/mol. The third-order valence-corrected chi connectivity index (χ3v) is 3.86. The SMILES string of the molecule is CC1(C)CN(CCBr)C2COCC21. The lowest BCUT2D eigenvalue weighted by molar-refractivity contribution is 0.122. The van der Waals surface area contributed by atoms with Crippen LogP contribution in [-0.4, -0.2) is 42.6 Å². The third-order valence-electron chi connectivity index (χ3n) is 3.51. The average molecular weight is 248 g/mol. The Morgan fingerprint density at radius 3 is 2.92 bits per heavy atom. The molecule has 2 aliphatic rings. The molecule has 0 radical (unpaired) electrons. The number of nitrogens with zero attached hydrogens (tertiary/aromatic N) is 1. The maximum absolute atomic E-state index is 5.57. The Bertz CT molecular complexity index is 195. The fourth-order valence-corrected chi connectivity index (χ4v) is 3.22. The summed E-state index contributed by atoms with van der Waals surface area (Å²) in [5.41, 5.74) is 0.448. The zero-order valence-corrected chi connectivity index (χ0v) is 10.0. The van der Waals surface area contributed by atoms with Crippen molar-refractivity contribution in [2.75, 3.05) is 31.6 Å². The van der Waals surface area contributed by atoms with Gasteiger partial charge in [0.05, 0.1) is 13.2 Å². The van der Waals surface area contributed by atoms with Crippen LogP contribution in [0.3, 0.4) is 0 Å². The van der Waals surface area contributed by atoms with Crippen LogP contribution in [0.4, 0.5) is 0 Å². The predicted octanol–water partition coefficient (Wildman–Crippen LogP) is 1.74. The number of hydrogen-bond donors (Lipinski definition) is 0. The van der Waals surface area contributed by atoms with Crippen molar-refractivity contribution < 1.29 is 4.74 Å². The fraction of sp³-hybridized carbons (Fsp3) is 1.00. The van der Waals surface area contributed by atoms with E-state index in [1.807, 2.05) is 0 Å². The van der Waals surface area contributed by atoms with Crippen molar-refractivity contribution in [3.05, 3.63) is 0 Å². The van der Waals surface area contributed by atoms with Crippen LogP contribution in [0.25, 0.3) is 0 Å². The predicted molar refractivity (Wildman–Crippen MR) is 57.2 cm³/mol. The van der Waals surface area contributed by atoms with Crippen molar-refractivity contribution in [1.82, 2.24) is 4.90 Å². The van der Waals surface area contributed by atoms with Gasteiger partial charge in [-0.1, -0.05) is 29.8 Å². The minimum atomic E-state index is 0.448. The Labute approximate surface area is 88.8 Å². The molecule has 0 saturated carbocycles. The number of hydrogen-bond acceptors (Lipinski definition) is 2. The highest BCUT2D eigenvalue weighted by Gasteiger charge is 2.49. The first-order valence-corrected chi connectivity index (χ1v) is 6.15. The molecule has 0 aromatic rings. The van der Waals surface area contributed by atoms with Crippen molar-refractivity contribution in [3.8, 4) is 0 Å². The summed E-state index contributed by atoms with van der Waals surface area (Å²) in [5, 5.41) is 1.08. The van der Waals surface area contributed by atoms with Gasteiger partial charge in [0.2, 0.25) is 0 Å². The van der Waals surface area contributed by atoms with E-state index in [1.54, 1.807) is 0 Å². The normalized spacial score (nSPS) is 38.1. The number of rotatable bonds is 2. The summed E-state index contributed by atoms with van der Waals surface area (Å²) in [7, 11) is 0. The lowest BCUT2D eigenvalue weighted by Gasteiger charge is -2.23. The van der Waals surface area contributed by atoms with E-state index in [-0.39, 0.29) is 0 Å². The summed E-state index contributed by atoms with van der Waals surface area (Å²) in [6, 6.07) is 0.688. The van der Waals surface area contributed by atoms with E-state index < -0.39 is 0 Å². The van der Waals surface area contributed by atoms with Gasteiger partial charge >= 0.3 is 0 Å². The van der Waals surface area contributed by atoms with E-state index in [2.05, 4.69) is 34.7 Å². The molecule has 3 heteroatoms. The van der Waals surface area contributed by atoms with E-state index in [0.29, 0.717) is 11.5 Å². The molecule has 2 aliphatic heterocycles. The molecule has 0 aliphatic carbocycles. The number of likely N-dealkylation sites (tertiary alicyclic amines) is 1. The highest BCUT2D eigenvalue weighted by molar-refractivity contribution is 9.09. The number of ether oxygens (including phenoxy) is 1. The molecule has 2 nitrogen and oxygen atoms in total. The van der Waals surface area contributed by atoms with Gasteiger partial charge in [-0.3, -0.25) is 4.90 Å². The van der Waals surface area contributed by atoms with Crippen LogP contribution in [0.5, 0.6) is 0 Å². The van der Waals surface area contributed by atoms with Gasteiger partial charge in [-0.25, -0.2) is 0 Å². The molecule has 0 aromatic heterocycles. The van der Waals surface area contributed by atoms with Gasteiger partial charge in [0.25, 0.3) is 0 Å². The zero-order chi connectivity index (χ0) is 9.47. The highest BCUT2D eigenvalue weighted by atomic mass is 79.9. The quantitative estimate of drug-likeness (QED) is 0.690. The Morgan fingerprint density at radius 1 is 1.46 bits per heavy atom. The Kier molecular flexibility index (Phi) is 2.69. The van der Waals surface area contributed by atoms with E-state index >= 15 is 0 Å². The van der Waals surface area contributed by atoms with Crippen molar-refractivity contribution in [2.45, 2.75) is 19.9 Å². The smallest absolute Gasteiger partial charge is 0.0625 e. The summed E-state index contributed by atoms with van der Waals surface area (Å²) in [5.74, 6) is 0.756. The standard InChI is InChI=1S/C10H18BrNO/c1-10(2)7-12(4-3-11)9-6-13-5-8(9)10/h8-9H,3-7H2,1-2H3. The molecule has 2 heterocycles. The largest absolute Gasteiger partial charge is 0.379 e. The van der Waals surface area contributed by atoms with Gasteiger partial charge in [0.15, 0.2) is 0 Å². The van der Waals surface area contributed by atoms with Gasteiger partial charge in [0.1, 0.15) is 0 Å². The lowest BCUT2D eigenvalue weighted by Crippen LogP contribution is -2.34. The van der Waals surface area contributed by atoms with E-state index in [9.17, 15) is 0 Å². The van der Waals surface area contributed by atoms with Crippen LogP contribution in [0.1, 0.15) is 13.8 Å². The molecule has 0 amide bonds. The highest BCUT2D eigenvalue weighted by Crippen LogP contribution is 2.42. The van der Waals surface area contributed by atoms with E-state index in [1.165, 1.54) is 6.54 Å². The summed E-state index contributed by atoms with van der Waals surface area (Å²) in [4.78, 5) is 2.58. The first-order valence-electron chi connectivity index (χ1n) is 5.03. The molecule has 2 unspecified atom stereocenters. The molecule has 2 rings (SSSR count). The second-order valence-corrected chi connectivity index (χ2v) is 5.65. The number of alkyl halides is 1. The Balaban J connectivity index is 2.09. The topological polar surface area (TPSA) is 12.5 Å². The first-order chi connectivity index (χ1) is 6.15. The molecule has 2 fully saturated rings. The second kappa shape index (κ2) is 3.52. The minimum Gasteiger partial charge on any atom is -0.379 e. The molecule has 13 heavy (non-hydrogen) atoms. The van der Waals surface area contributed by atoms with Gasteiger partial charge in [-0.2, -0.15) is 0 Å². The summed E-state index contributed by atoms with van der Waals surface area (Å²) < 4.78 is 5.57. The van der Waals surface area contributed by atoms with Crippen molar-refractivity contribution >= 4 is 15.9 Å². The number of fused-ring (bicyclic) bond motifs is 1. The molecule has 0 bridgehead atoms. The molecular formula is C10H18BrNO. The summed E-state index contributed by atoms with van der Waals surface area (Å²) in [6.45, 7) is 9.05. The van der Waals surface area contributed by atoms with Crippen molar-refractivity contribution in [2.24, 2.45) is 11.3 Å². The molecule has 0 aromatic carbocycles. The molecule has 2 atom stereocenters. The van der Waals surface area contributed by atoms with Gasteiger partial charge < -0.3 is 4.74 Å². The van der Waals surface area contributed by atoms with Crippen LogP contribution in [-0.2, 0) is 4.74 Å². The minimum absolute atomic E-state index is 0.448. The average Bonchev–Trinajstić information content (AvgIpc) is 2.57. The second-order valence-electron chi connectivity index (χ2n) is 4.86. The lowest BCUT2D eigenvalue weighted by atomic mass is 9.80. The van der Waals surface area contributed by atoms with Crippen LogP contribution in [0, 0.1) is 11.3 Å². The third kappa shape index (κ3) is 1.66. The van der Waals surface area contributed by atoms with Crippen LogP contribution >= 0.6 is 15.9 Å². The molecule has 0 spiro atoms. The van der Waals surface area contributed by atoms with Gasteiger partial charge in [-0.15, -0.1) is 0 Å². The maximum Gasteiger partial charge on any atom is 0.0625 e. The number of halogens is 1. The Hall–Kier alpha value is 0.400. The summed E-state index contributed by atoms with van der Waals surface area (Å²) in [6.07, 6.45) is 0. The van der Waals surface area contributed by atoms with E-state index in [4.69, 9.17) is 4.74 Å². The molecule has 0 N–H and O–H groups in total. The van der Waals surface area contributed by atoms with Crippen molar-refractivity contribution in [3.63, 3.8) is 0 Å². The van der Waals surface area contributed by atoms with Gasteiger partial charge in [0, 0.05) is 30.4 Å². The molecule has 2 saturated heterocycles. The molecule has 76 valence electrons. The zero-order valence-electron chi connectivity index (χ0n) is 8.42. The van der Waals surface area contributed by atoms with E-state index in [0.717, 1.165) is 31.0 Å². The summed E-state index contributed by atoms with van der Waals surface area (Å²) >= 11 is 3.51. The van der Waals surface area contributed by atoms with Crippen LogP contribution < -0.4 is 0 Å². The Morgan fingerprint density at radius 2 is 2.23 bits per heavy atom. The van der Waals surface area contributed by atoms with Gasteiger partial charge in [-0.05, 0) is 5.41 Å². The first kappa shape index (κ1) is 9.94.